The molecule has 0 atom stereocenters. The predicted octanol–water partition coefficient (Wildman–Crippen LogP) is 2.78. The maximum Gasteiger partial charge on any atom is 0.194 e. The largest absolute Gasteiger partial charge is 0.491 e. The third kappa shape index (κ3) is 3.49. The van der Waals surface area contributed by atoms with Crippen LogP contribution in [0.5, 0.6) is 5.75 Å². The molecule has 0 unspecified atom stereocenters. The maximum atomic E-state index is 11.8. The normalized spacial score (nSPS) is 11.1. The van der Waals surface area contributed by atoms with E-state index in [2.05, 4.69) is 0 Å². The Hall–Kier alpha value is -2.14. The maximum absolute atomic E-state index is 11.8. The first-order valence-corrected chi connectivity index (χ1v) is 6.75. The predicted molar refractivity (Wildman–Crippen MR) is 80.3 cm³/mol. The number of likely N-dealkylation sites (N-methyl/N-ethyl adjacent to an activating group) is 1. The van der Waals surface area contributed by atoms with Gasteiger partial charge in [0.15, 0.2) is 17.3 Å². The SMILES string of the molecule is CC(=O)c1cc2cc(C(C)=O)c(OCCN(C)C)cc2o1. The summed E-state index contributed by atoms with van der Waals surface area (Å²) in [5, 5.41) is 0.727. The van der Waals surface area contributed by atoms with Crippen LogP contribution in [-0.2, 0) is 0 Å². The Labute approximate surface area is 123 Å². The molecule has 1 heterocycles. The molecular weight excluding hydrogens is 270 g/mol. The number of ketones is 2. The van der Waals surface area contributed by atoms with E-state index < -0.39 is 0 Å². The second-order valence-corrected chi connectivity index (χ2v) is 5.26. The highest BCUT2D eigenvalue weighted by Gasteiger charge is 2.15. The molecule has 112 valence electrons. The van der Waals surface area contributed by atoms with E-state index in [1.54, 1.807) is 18.2 Å². The molecule has 0 aliphatic heterocycles. The van der Waals surface area contributed by atoms with Gasteiger partial charge in [0.05, 0.1) is 5.56 Å². The molecule has 0 saturated carbocycles. The van der Waals surface area contributed by atoms with Crippen LogP contribution in [0.25, 0.3) is 11.0 Å². The zero-order valence-electron chi connectivity index (χ0n) is 12.7. The molecule has 0 fully saturated rings. The number of ether oxygens (including phenoxy) is 1. The molecule has 5 heteroatoms. The molecule has 0 saturated heterocycles. The molecule has 2 aromatic rings. The zero-order chi connectivity index (χ0) is 15.6. The summed E-state index contributed by atoms with van der Waals surface area (Å²) in [7, 11) is 3.90. The van der Waals surface area contributed by atoms with Crippen molar-refractivity contribution < 1.29 is 18.7 Å². The van der Waals surface area contributed by atoms with E-state index in [0.29, 0.717) is 23.5 Å². The van der Waals surface area contributed by atoms with Crippen LogP contribution in [0.15, 0.2) is 22.6 Å². The van der Waals surface area contributed by atoms with Crippen LogP contribution in [0.1, 0.15) is 34.8 Å². The van der Waals surface area contributed by atoms with Crippen LogP contribution < -0.4 is 4.74 Å². The zero-order valence-corrected chi connectivity index (χ0v) is 12.7. The number of rotatable bonds is 6. The van der Waals surface area contributed by atoms with Crippen molar-refractivity contribution in [1.29, 1.82) is 0 Å². The number of Topliss-reactive ketones (excluding diaryl/α,β-unsaturated/α-hetero) is 2. The van der Waals surface area contributed by atoms with Gasteiger partial charge in [0.25, 0.3) is 0 Å². The van der Waals surface area contributed by atoms with E-state index in [-0.39, 0.29) is 17.3 Å². The lowest BCUT2D eigenvalue weighted by atomic mass is 10.1. The molecule has 21 heavy (non-hydrogen) atoms. The molecule has 1 aromatic carbocycles. The van der Waals surface area contributed by atoms with Crippen molar-refractivity contribution in [3.05, 3.63) is 29.5 Å². The van der Waals surface area contributed by atoms with Gasteiger partial charge in [0.2, 0.25) is 0 Å². The lowest BCUT2D eigenvalue weighted by Crippen LogP contribution is -2.20. The van der Waals surface area contributed by atoms with Gasteiger partial charge in [-0.3, -0.25) is 9.59 Å². The molecule has 2 rings (SSSR count). The summed E-state index contributed by atoms with van der Waals surface area (Å²) in [5.41, 5.74) is 1.04. The number of carbonyl (C=O) groups excluding carboxylic acids is 2. The third-order valence-corrected chi connectivity index (χ3v) is 3.14. The topological polar surface area (TPSA) is 59.8 Å². The molecule has 0 radical (unpaired) electrons. The highest BCUT2D eigenvalue weighted by Crippen LogP contribution is 2.29. The Kier molecular flexibility index (Phi) is 4.43. The minimum atomic E-state index is -0.148. The highest BCUT2D eigenvalue weighted by molar-refractivity contribution is 6.02. The fraction of sp³-hybridized carbons (Fsp3) is 0.375. The molecule has 1 aromatic heterocycles. The molecular formula is C16H19NO4. The summed E-state index contributed by atoms with van der Waals surface area (Å²) < 4.78 is 11.2. The Morgan fingerprint density at radius 2 is 1.86 bits per heavy atom. The van der Waals surface area contributed by atoms with Crippen molar-refractivity contribution in [1.82, 2.24) is 4.90 Å². The van der Waals surface area contributed by atoms with E-state index in [1.165, 1.54) is 13.8 Å². The van der Waals surface area contributed by atoms with Crippen LogP contribution in [0.2, 0.25) is 0 Å². The van der Waals surface area contributed by atoms with Gasteiger partial charge in [0.1, 0.15) is 17.9 Å². The number of furan rings is 1. The van der Waals surface area contributed by atoms with Crippen molar-refractivity contribution in [3.63, 3.8) is 0 Å². The highest BCUT2D eigenvalue weighted by atomic mass is 16.5. The van der Waals surface area contributed by atoms with E-state index in [0.717, 1.165) is 11.9 Å². The Morgan fingerprint density at radius 3 is 2.43 bits per heavy atom. The molecule has 0 spiro atoms. The second-order valence-electron chi connectivity index (χ2n) is 5.26. The van der Waals surface area contributed by atoms with Gasteiger partial charge in [-0.05, 0) is 33.2 Å². The number of hydrogen-bond donors (Lipinski definition) is 0. The van der Waals surface area contributed by atoms with Gasteiger partial charge >= 0.3 is 0 Å². The molecule has 5 nitrogen and oxygen atoms in total. The molecule has 0 N–H and O–H groups in total. The van der Waals surface area contributed by atoms with Crippen LogP contribution in [0, 0.1) is 0 Å². The first kappa shape index (κ1) is 15.3. The fourth-order valence-electron chi connectivity index (χ4n) is 1.97. The van der Waals surface area contributed by atoms with E-state index in [1.807, 2.05) is 19.0 Å². The summed E-state index contributed by atoms with van der Waals surface area (Å²) >= 11 is 0. The molecule has 0 amide bonds. The molecule has 0 bridgehead atoms. The number of hydrogen-bond acceptors (Lipinski definition) is 5. The van der Waals surface area contributed by atoms with Crippen LogP contribution in [-0.4, -0.2) is 43.7 Å². The minimum Gasteiger partial charge on any atom is -0.491 e. The first-order chi connectivity index (χ1) is 9.88. The van der Waals surface area contributed by atoms with E-state index in [9.17, 15) is 9.59 Å². The smallest absolute Gasteiger partial charge is 0.194 e. The lowest BCUT2D eigenvalue weighted by Gasteiger charge is -2.13. The van der Waals surface area contributed by atoms with Crippen molar-refractivity contribution in [3.8, 4) is 5.75 Å². The number of nitrogens with zero attached hydrogens (tertiary/aromatic N) is 1. The standard InChI is InChI=1S/C16H19NO4/c1-10(18)13-7-12-8-14(11(2)19)21-15(12)9-16(13)20-6-5-17(3)4/h7-9H,5-6H2,1-4H3. The summed E-state index contributed by atoms with van der Waals surface area (Å²) in [5.74, 6) is 0.541. The quantitative estimate of drug-likeness (QED) is 0.765. The van der Waals surface area contributed by atoms with E-state index in [4.69, 9.17) is 9.15 Å². The molecule has 0 aliphatic carbocycles. The summed E-state index contributed by atoms with van der Waals surface area (Å²) in [6.45, 7) is 4.15. The van der Waals surface area contributed by atoms with Gasteiger partial charge < -0.3 is 14.1 Å². The van der Waals surface area contributed by atoms with Gasteiger partial charge in [-0.1, -0.05) is 0 Å². The fourth-order valence-corrected chi connectivity index (χ4v) is 1.97. The number of fused-ring (bicyclic) bond motifs is 1. The second kappa shape index (κ2) is 6.10. The van der Waals surface area contributed by atoms with Crippen LogP contribution in [0.3, 0.4) is 0 Å². The monoisotopic (exact) mass is 289 g/mol. The lowest BCUT2D eigenvalue weighted by molar-refractivity contribution is 0.0986. The van der Waals surface area contributed by atoms with Gasteiger partial charge in [-0.2, -0.15) is 0 Å². The summed E-state index contributed by atoms with van der Waals surface area (Å²) in [6, 6.07) is 5.03. The number of benzene rings is 1. The van der Waals surface area contributed by atoms with Crippen molar-refractivity contribution in [2.75, 3.05) is 27.2 Å². The summed E-state index contributed by atoms with van der Waals surface area (Å²) in [6.07, 6.45) is 0. The molecule has 0 aliphatic rings. The average molecular weight is 289 g/mol. The minimum absolute atomic E-state index is 0.0812. The van der Waals surface area contributed by atoms with Crippen LogP contribution >= 0.6 is 0 Å². The van der Waals surface area contributed by atoms with Gasteiger partial charge in [-0.25, -0.2) is 0 Å². The Bertz CT molecular complexity index is 685. The van der Waals surface area contributed by atoms with Crippen LogP contribution in [0.4, 0.5) is 0 Å². The van der Waals surface area contributed by atoms with Crippen molar-refractivity contribution >= 4 is 22.5 Å². The third-order valence-electron chi connectivity index (χ3n) is 3.14. The van der Waals surface area contributed by atoms with Gasteiger partial charge in [-0.15, -0.1) is 0 Å². The Balaban J connectivity index is 2.39. The van der Waals surface area contributed by atoms with Gasteiger partial charge in [0, 0.05) is 24.9 Å². The summed E-state index contributed by atoms with van der Waals surface area (Å²) in [4.78, 5) is 25.1. The van der Waals surface area contributed by atoms with E-state index >= 15 is 0 Å². The van der Waals surface area contributed by atoms with Crippen molar-refractivity contribution in [2.24, 2.45) is 0 Å². The average Bonchev–Trinajstić information content (AvgIpc) is 2.80. The van der Waals surface area contributed by atoms with Crippen molar-refractivity contribution in [2.45, 2.75) is 13.8 Å². The number of carbonyl (C=O) groups is 2. The Morgan fingerprint density at radius 1 is 1.14 bits per heavy atom. The first-order valence-electron chi connectivity index (χ1n) is 6.75.